The molecule has 0 saturated heterocycles. The monoisotopic (exact) mass is 307 g/mol. The van der Waals surface area contributed by atoms with Gasteiger partial charge in [0.1, 0.15) is 5.76 Å². The molecule has 0 aliphatic rings. The zero-order chi connectivity index (χ0) is 15.4. The highest BCUT2D eigenvalue weighted by Crippen LogP contribution is 2.28. The molecule has 0 aromatic carbocycles. The van der Waals surface area contributed by atoms with E-state index in [4.69, 9.17) is 4.42 Å². The Labute approximate surface area is 129 Å². The zero-order valence-corrected chi connectivity index (χ0v) is 13.7. The van der Waals surface area contributed by atoms with Gasteiger partial charge in [0.25, 0.3) is 0 Å². The molecule has 2 aromatic heterocycles. The molecule has 2 heterocycles. The molecule has 0 bridgehead atoms. The molecule has 114 valence electrons. The molecular formula is C15H21N3O2S. The van der Waals surface area contributed by atoms with Gasteiger partial charge in [0.05, 0.1) is 29.6 Å². The molecule has 0 spiro atoms. The van der Waals surface area contributed by atoms with Gasteiger partial charge in [-0.2, -0.15) is 0 Å². The lowest BCUT2D eigenvalue weighted by Gasteiger charge is -2.24. The molecule has 0 aliphatic heterocycles. The quantitative estimate of drug-likeness (QED) is 0.919. The molecule has 2 rings (SSSR count). The highest BCUT2D eigenvalue weighted by atomic mass is 32.1. The van der Waals surface area contributed by atoms with E-state index in [1.165, 1.54) is 0 Å². The number of amides is 2. The lowest BCUT2D eigenvalue weighted by atomic mass is 10.2. The molecule has 0 radical (unpaired) electrons. The van der Waals surface area contributed by atoms with E-state index in [0.29, 0.717) is 6.54 Å². The summed E-state index contributed by atoms with van der Waals surface area (Å²) in [6.45, 7) is 6.50. The second-order valence-corrected chi connectivity index (χ2v) is 6.05. The van der Waals surface area contributed by atoms with Gasteiger partial charge in [0, 0.05) is 11.9 Å². The van der Waals surface area contributed by atoms with Crippen molar-refractivity contribution in [3.63, 3.8) is 0 Å². The summed E-state index contributed by atoms with van der Waals surface area (Å²) in [6, 6.07) is 3.52. The van der Waals surface area contributed by atoms with Gasteiger partial charge in [-0.3, -0.25) is 0 Å². The summed E-state index contributed by atoms with van der Waals surface area (Å²) >= 11 is 1.68. The van der Waals surface area contributed by atoms with Crippen molar-refractivity contribution in [3.8, 4) is 0 Å². The van der Waals surface area contributed by atoms with Crippen LogP contribution in [0.4, 0.5) is 4.79 Å². The smallest absolute Gasteiger partial charge is 0.318 e. The number of hydrogen-bond acceptors (Lipinski definition) is 4. The predicted molar refractivity (Wildman–Crippen MR) is 83.4 cm³/mol. The Morgan fingerprint density at radius 2 is 2.33 bits per heavy atom. The number of aromatic nitrogens is 1. The maximum atomic E-state index is 12.2. The van der Waals surface area contributed by atoms with Gasteiger partial charge in [-0.1, -0.05) is 6.92 Å². The summed E-state index contributed by atoms with van der Waals surface area (Å²) in [5, 5.41) is 3.96. The second-order valence-electron chi connectivity index (χ2n) is 4.94. The van der Waals surface area contributed by atoms with Crippen LogP contribution in [0.2, 0.25) is 0 Å². The van der Waals surface area contributed by atoms with Gasteiger partial charge in [-0.25, -0.2) is 9.78 Å². The zero-order valence-electron chi connectivity index (χ0n) is 12.8. The highest BCUT2D eigenvalue weighted by Gasteiger charge is 2.21. The van der Waals surface area contributed by atoms with E-state index < -0.39 is 0 Å². The lowest BCUT2D eigenvalue weighted by Crippen LogP contribution is -2.38. The Morgan fingerprint density at radius 3 is 2.90 bits per heavy atom. The Bertz CT molecular complexity index is 592. The fourth-order valence-electron chi connectivity index (χ4n) is 2.06. The summed E-state index contributed by atoms with van der Waals surface area (Å²) in [7, 11) is 1.80. The average Bonchev–Trinajstić information content (AvgIpc) is 3.12. The molecule has 0 saturated carbocycles. The molecule has 0 fully saturated rings. The number of nitrogens with one attached hydrogen (secondary N) is 1. The third-order valence-corrected chi connectivity index (χ3v) is 4.93. The maximum Gasteiger partial charge on any atom is 0.318 e. The molecule has 6 heteroatoms. The molecule has 5 nitrogen and oxygen atoms in total. The number of rotatable bonds is 5. The fraction of sp³-hybridized carbons (Fsp3) is 0.467. The number of furan rings is 1. The van der Waals surface area contributed by atoms with E-state index in [9.17, 15) is 4.79 Å². The topological polar surface area (TPSA) is 58.4 Å². The van der Waals surface area contributed by atoms with Gasteiger partial charge < -0.3 is 14.6 Å². The van der Waals surface area contributed by atoms with Crippen LogP contribution in [0.3, 0.4) is 0 Å². The minimum Gasteiger partial charge on any atom is -0.467 e. The van der Waals surface area contributed by atoms with Crippen molar-refractivity contribution >= 4 is 17.4 Å². The number of nitrogens with zero attached hydrogens (tertiary/aromatic N) is 2. The third kappa shape index (κ3) is 3.64. The first-order valence-electron chi connectivity index (χ1n) is 7.02. The van der Waals surface area contributed by atoms with Gasteiger partial charge in [0.15, 0.2) is 0 Å². The highest BCUT2D eigenvalue weighted by molar-refractivity contribution is 7.11. The van der Waals surface area contributed by atoms with Crippen LogP contribution in [-0.2, 0) is 13.0 Å². The predicted octanol–water partition coefficient (Wildman–Crippen LogP) is 3.51. The maximum absolute atomic E-state index is 12.2. The van der Waals surface area contributed by atoms with Gasteiger partial charge in [-0.15, -0.1) is 11.3 Å². The SMILES string of the molecule is CCc1nc(C)c([C@@H](C)N(C)C(=O)NCc2ccco2)s1. The molecule has 0 unspecified atom stereocenters. The Kier molecular flexibility index (Phi) is 5.01. The molecule has 0 aliphatic carbocycles. The first-order chi connectivity index (χ1) is 10.0. The number of carbonyl (C=O) groups is 1. The van der Waals surface area contributed by atoms with E-state index in [0.717, 1.165) is 27.8 Å². The van der Waals surface area contributed by atoms with Crippen molar-refractivity contribution in [2.75, 3.05) is 7.05 Å². The summed E-state index contributed by atoms with van der Waals surface area (Å²) in [5.74, 6) is 0.742. The Morgan fingerprint density at radius 1 is 1.57 bits per heavy atom. The number of hydrogen-bond donors (Lipinski definition) is 1. The first kappa shape index (κ1) is 15.6. The van der Waals surface area contributed by atoms with Crippen LogP contribution >= 0.6 is 11.3 Å². The van der Waals surface area contributed by atoms with Gasteiger partial charge >= 0.3 is 6.03 Å². The van der Waals surface area contributed by atoms with Crippen LogP contribution in [0, 0.1) is 6.92 Å². The largest absolute Gasteiger partial charge is 0.467 e. The standard InChI is InChI=1S/C15H21N3O2S/c1-5-13-17-10(2)14(21-13)11(3)18(4)15(19)16-9-12-7-6-8-20-12/h6-8,11H,5,9H2,1-4H3,(H,16,19)/t11-/m1/s1. The number of aryl methyl sites for hydroxylation is 2. The van der Waals surface area contributed by atoms with Crippen molar-refractivity contribution in [3.05, 3.63) is 39.7 Å². The molecule has 1 N–H and O–H groups in total. The molecule has 2 aromatic rings. The number of carbonyl (C=O) groups excluding carboxylic acids is 1. The first-order valence-corrected chi connectivity index (χ1v) is 7.83. The summed E-state index contributed by atoms with van der Waals surface area (Å²) in [5.41, 5.74) is 1.01. The van der Waals surface area contributed by atoms with Crippen LogP contribution < -0.4 is 5.32 Å². The number of urea groups is 1. The van der Waals surface area contributed by atoms with Crippen molar-refractivity contribution in [2.45, 2.75) is 39.8 Å². The number of thiazole rings is 1. The average molecular weight is 307 g/mol. The molecule has 21 heavy (non-hydrogen) atoms. The van der Waals surface area contributed by atoms with Crippen molar-refractivity contribution in [1.29, 1.82) is 0 Å². The minimum absolute atomic E-state index is 0.000555. The summed E-state index contributed by atoms with van der Waals surface area (Å²) < 4.78 is 5.20. The van der Waals surface area contributed by atoms with Crippen LogP contribution in [-0.4, -0.2) is 23.0 Å². The Balaban J connectivity index is 1.98. The van der Waals surface area contributed by atoms with Crippen molar-refractivity contribution < 1.29 is 9.21 Å². The molecular weight excluding hydrogens is 286 g/mol. The summed E-state index contributed by atoms with van der Waals surface area (Å²) in [6.07, 6.45) is 2.52. The van der Waals surface area contributed by atoms with Crippen LogP contribution in [0.5, 0.6) is 0 Å². The van der Waals surface area contributed by atoms with E-state index in [2.05, 4.69) is 17.2 Å². The van der Waals surface area contributed by atoms with E-state index >= 15 is 0 Å². The normalized spacial score (nSPS) is 12.2. The minimum atomic E-state index is -0.121. The van der Waals surface area contributed by atoms with E-state index in [-0.39, 0.29) is 12.1 Å². The van der Waals surface area contributed by atoms with Crippen molar-refractivity contribution in [1.82, 2.24) is 15.2 Å². The second kappa shape index (κ2) is 6.76. The van der Waals surface area contributed by atoms with E-state index in [1.54, 1.807) is 35.6 Å². The third-order valence-electron chi connectivity index (χ3n) is 3.45. The van der Waals surface area contributed by atoms with Gasteiger partial charge in [-0.05, 0) is 32.4 Å². The van der Waals surface area contributed by atoms with Crippen LogP contribution in [0.15, 0.2) is 22.8 Å². The van der Waals surface area contributed by atoms with Crippen molar-refractivity contribution in [2.24, 2.45) is 0 Å². The van der Waals surface area contributed by atoms with Crippen LogP contribution in [0.1, 0.15) is 41.2 Å². The molecule has 2 amide bonds. The van der Waals surface area contributed by atoms with Gasteiger partial charge in [0.2, 0.25) is 0 Å². The summed E-state index contributed by atoms with van der Waals surface area (Å²) in [4.78, 5) is 19.6. The fourth-order valence-corrected chi connectivity index (χ4v) is 3.16. The molecule has 1 atom stereocenters. The Hall–Kier alpha value is -1.82. The lowest BCUT2D eigenvalue weighted by molar-refractivity contribution is 0.193. The van der Waals surface area contributed by atoms with Crippen LogP contribution in [0.25, 0.3) is 0 Å². The van der Waals surface area contributed by atoms with E-state index in [1.807, 2.05) is 19.9 Å².